The molecule has 0 N–H and O–H groups in total. The maximum Gasteiger partial charge on any atom is 0.136 e. The van der Waals surface area contributed by atoms with E-state index in [1.807, 2.05) is 0 Å². The second-order valence-corrected chi connectivity index (χ2v) is 12.6. The van der Waals surface area contributed by atoms with E-state index < -0.39 is 0 Å². The molecule has 0 spiro atoms. The SMILES string of the molecule is c1ccc(N(c2ccc(-c3cc4ccc5ccccc5c4c4ccccc34)cc2)c2ccc3oc4cc5ccccc5cc4c3c2)cc1. The third-order valence-corrected chi connectivity index (χ3v) is 9.78. The first kappa shape index (κ1) is 26.8. The Hall–Kier alpha value is -6.38. The van der Waals surface area contributed by atoms with E-state index in [0.717, 1.165) is 39.0 Å². The van der Waals surface area contributed by atoms with Gasteiger partial charge in [-0.2, -0.15) is 0 Å². The molecule has 0 unspecified atom stereocenters. The molecule has 1 heterocycles. The summed E-state index contributed by atoms with van der Waals surface area (Å²) in [6.45, 7) is 0. The molecule has 2 nitrogen and oxygen atoms in total. The van der Waals surface area contributed by atoms with Gasteiger partial charge in [-0.25, -0.2) is 0 Å². The van der Waals surface area contributed by atoms with Crippen LogP contribution in [0.2, 0.25) is 0 Å². The van der Waals surface area contributed by atoms with Crippen LogP contribution in [0.25, 0.3) is 76.2 Å². The van der Waals surface area contributed by atoms with Gasteiger partial charge in [-0.15, -0.1) is 0 Å². The molecular weight excluding hydrogens is 583 g/mol. The van der Waals surface area contributed by atoms with Crippen LogP contribution in [0.3, 0.4) is 0 Å². The van der Waals surface area contributed by atoms with E-state index in [9.17, 15) is 0 Å². The molecule has 1 aromatic heterocycles. The lowest BCUT2D eigenvalue weighted by molar-refractivity contribution is 0.669. The molecule has 0 atom stereocenters. The summed E-state index contributed by atoms with van der Waals surface area (Å²) in [6, 6.07) is 63.3. The van der Waals surface area contributed by atoms with Crippen LogP contribution in [0.15, 0.2) is 180 Å². The van der Waals surface area contributed by atoms with Crippen LogP contribution in [0, 0.1) is 0 Å². The molecule has 0 aliphatic carbocycles. The van der Waals surface area contributed by atoms with Gasteiger partial charge in [-0.3, -0.25) is 0 Å². The summed E-state index contributed by atoms with van der Waals surface area (Å²) < 4.78 is 6.34. The van der Waals surface area contributed by atoms with Crippen LogP contribution in [0.1, 0.15) is 0 Å². The van der Waals surface area contributed by atoms with Gasteiger partial charge < -0.3 is 9.32 Å². The van der Waals surface area contributed by atoms with Gasteiger partial charge in [0.25, 0.3) is 0 Å². The predicted molar refractivity (Wildman–Crippen MR) is 204 cm³/mol. The van der Waals surface area contributed by atoms with E-state index in [0.29, 0.717) is 0 Å². The van der Waals surface area contributed by atoms with Crippen LogP contribution < -0.4 is 4.90 Å². The number of rotatable bonds is 4. The first-order valence-electron chi connectivity index (χ1n) is 16.4. The Morgan fingerprint density at radius 3 is 1.75 bits per heavy atom. The largest absolute Gasteiger partial charge is 0.456 e. The van der Waals surface area contributed by atoms with E-state index in [1.54, 1.807) is 0 Å². The number of hydrogen-bond donors (Lipinski definition) is 0. The first-order valence-corrected chi connectivity index (χ1v) is 16.4. The molecule has 0 aliphatic heterocycles. The summed E-state index contributed by atoms with van der Waals surface area (Å²) in [5.41, 5.74) is 7.52. The standard InChI is InChI=1S/C46H29NO/c1-2-13-35(14-3-1)47(37-24-25-44-43(29-37)42-26-32-11-4-5-12-33(32)28-45(42)48-44)36-22-20-31(21-23-36)41-27-34-19-18-30-10-6-7-15-38(30)46(34)40-17-9-8-16-39(40)41/h1-29H. The second kappa shape index (κ2) is 10.6. The zero-order valence-electron chi connectivity index (χ0n) is 26.1. The average molecular weight is 612 g/mol. The van der Waals surface area contributed by atoms with Crippen molar-refractivity contribution in [2.45, 2.75) is 0 Å². The van der Waals surface area contributed by atoms with Crippen molar-refractivity contribution in [3.63, 3.8) is 0 Å². The average Bonchev–Trinajstić information content (AvgIpc) is 3.51. The number of anilines is 3. The first-order chi connectivity index (χ1) is 23.8. The van der Waals surface area contributed by atoms with Gasteiger partial charge in [-0.05, 0) is 115 Å². The maximum absolute atomic E-state index is 6.34. The molecule has 0 amide bonds. The van der Waals surface area contributed by atoms with Crippen LogP contribution in [0.4, 0.5) is 17.1 Å². The van der Waals surface area contributed by atoms with E-state index in [4.69, 9.17) is 4.42 Å². The Morgan fingerprint density at radius 2 is 0.938 bits per heavy atom. The van der Waals surface area contributed by atoms with E-state index in [2.05, 4.69) is 181 Å². The third kappa shape index (κ3) is 4.20. The zero-order chi connectivity index (χ0) is 31.6. The van der Waals surface area contributed by atoms with Gasteiger partial charge in [0.1, 0.15) is 11.2 Å². The number of para-hydroxylation sites is 1. The van der Waals surface area contributed by atoms with Crippen molar-refractivity contribution in [1.82, 2.24) is 0 Å². The lowest BCUT2D eigenvalue weighted by atomic mass is 9.91. The fraction of sp³-hybridized carbons (Fsp3) is 0. The maximum atomic E-state index is 6.34. The minimum atomic E-state index is 0.892. The number of furan rings is 1. The molecule has 2 heteroatoms. The number of fused-ring (bicyclic) bond motifs is 9. The molecule has 10 rings (SSSR count). The van der Waals surface area contributed by atoms with Crippen molar-refractivity contribution >= 4 is 82.1 Å². The number of nitrogens with zero attached hydrogens (tertiary/aromatic N) is 1. The Kier molecular flexibility index (Phi) is 5.91. The van der Waals surface area contributed by atoms with Gasteiger partial charge in [0.15, 0.2) is 0 Å². The predicted octanol–water partition coefficient (Wildman–Crippen LogP) is 13.3. The van der Waals surface area contributed by atoms with Crippen molar-refractivity contribution in [2.75, 3.05) is 4.90 Å². The summed E-state index contributed by atoms with van der Waals surface area (Å²) in [5.74, 6) is 0. The molecule has 0 fully saturated rings. The molecule has 224 valence electrons. The zero-order valence-corrected chi connectivity index (χ0v) is 26.1. The van der Waals surface area contributed by atoms with Crippen LogP contribution >= 0.6 is 0 Å². The summed E-state index contributed by atoms with van der Waals surface area (Å²) in [6.07, 6.45) is 0. The summed E-state index contributed by atoms with van der Waals surface area (Å²) in [4.78, 5) is 2.33. The molecule has 0 aliphatic rings. The highest BCUT2D eigenvalue weighted by molar-refractivity contribution is 6.23. The third-order valence-electron chi connectivity index (χ3n) is 9.78. The summed E-state index contributed by atoms with van der Waals surface area (Å²) in [5, 5.41) is 12.3. The topological polar surface area (TPSA) is 16.4 Å². The Balaban J connectivity index is 1.12. The highest BCUT2D eigenvalue weighted by Crippen LogP contribution is 2.42. The fourth-order valence-corrected chi connectivity index (χ4v) is 7.52. The smallest absolute Gasteiger partial charge is 0.136 e. The van der Waals surface area contributed by atoms with Crippen LogP contribution in [0.5, 0.6) is 0 Å². The summed E-state index contributed by atoms with van der Waals surface area (Å²) in [7, 11) is 0. The van der Waals surface area contributed by atoms with Crippen LogP contribution in [-0.2, 0) is 0 Å². The quantitative estimate of drug-likeness (QED) is 0.184. The molecule has 0 bridgehead atoms. The Labute approximate surface area is 277 Å². The highest BCUT2D eigenvalue weighted by Gasteiger charge is 2.17. The van der Waals surface area contributed by atoms with Crippen LogP contribution in [-0.4, -0.2) is 0 Å². The molecule has 10 aromatic rings. The van der Waals surface area contributed by atoms with Gasteiger partial charge >= 0.3 is 0 Å². The van der Waals surface area contributed by atoms with Crippen molar-refractivity contribution in [2.24, 2.45) is 0 Å². The van der Waals surface area contributed by atoms with E-state index in [1.165, 1.54) is 54.2 Å². The van der Waals surface area contributed by atoms with Crippen molar-refractivity contribution in [3.8, 4) is 11.1 Å². The number of hydrogen-bond acceptors (Lipinski definition) is 2. The minimum Gasteiger partial charge on any atom is -0.456 e. The van der Waals surface area contributed by atoms with Gasteiger partial charge in [-0.1, -0.05) is 115 Å². The highest BCUT2D eigenvalue weighted by atomic mass is 16.3. The molecular formula is C46H29NO. The van der Waals surface area contributed by atoms with E-state index in [-0.39, 0.29) is 0 Å². The Morgan fingerprint density at radius 1 is 0.333 bits per heavy atom. The lowest BCUT2D eigenvalue weighted by Crippen LogP contribution is -2.09. The monoisotopic (exact) mass is 611 g/mol. The van der Waals surface area contributed by atoms with Crippen molar-refractivity contribution in [3.05, 3.63) is 176 Å². The second-order valence-electron chi connectivity index (χ2n) is 12.6. The molecule has 0 saturated carbocycles. The van der Waals surface area contributed by atoms with Gasteiger partial charge in [0.2, 0.25) is 0 Å². The van der Waals surface area contributed by atoms with Crippen molar-refractivity contribution < 1.29 is 4.42 Å². The minimum absolute atomic E-state index is 0.892. The molecule has 0 radical (unpaired) electrons. The summed E-state index contributed by atoms with van der Waals surface area (Å²) >= 11 is 0. The van der Waals surface area contributed by atoms with Crippen molar-refractivity contribution in [1.29, 1.82) is 0 Å². The molecule has 9 aromatic carbocycles. The number of benzene rings is 9. The molecule has 48 heavy (non-hydrogen) atoms. The lowest BCUT2D eigenvalue weighted by Gasteiger charge is -2.26. The van der Waals surface area contributed by atoms with E-state index >= 15 is 0 Å². The van der Waals surface area contributed by atoms with Gasteiger partial charge in [0.05, 0.1) is 0 Å². The van der Waals surface area contributed by atoms with Gasteiger partial charge in [0, 0.05) is 27.8 Å². The normalized spacial score (nSPS) is 11.8. The fourth-order valence-electron chi connectivity index (χ4n) is 7.52. The molecule has 0 saturated heterocycles. The Bertz CT molecular complexity index is 2830.